The van der Waals surface area contributed by atoms with E-state index in [0.29, 0.717) is 23.7 Å². The van der Waals surface area contributed by atoms with Gasteiger partial charge in [-0.25, -0.2) is 4.98 Å². The molecule has 1 aromatic heterocycles. The topological polar surface area (TPSA) is 68.1 Å². The van der Waals surface area contributed by atoms with Crippen LogP contribution in [0.4, 0.5) is 0 Å². The quantitative estimate of drug-likeness (QED) is 0.786. The van der Waals surface area contributed by atoms with Crippen LogP contribution in [0.15, 0.2) is 6.33 Å². The van der Waals surface area contributed by atoms with E-state index < -0.39 is 10.8 Å². The second-order valence-corrected chi connectivity index (χ2v) is 7.46. The van der Waals surface area contributed by atoms with Crippen LogP contribution >= 0.6 is 0 Å². The standard InChI is InChI=1S/C14H22N4O2S/c1-17-13(15-10-16-17)8-21(20)9-14(19)18(12-6-7-12)11-4-2-3-5-11/h10-12H,2-9H2,1H3. The third kappa shape index (κ3) is 3.51. The maximum atomic E-state index is 12.5. The van der Waals surface area contributed by atoms with Crippen molar-refractivity contribution in [3.8, 4) is 0 Å². The second-order valence-electron chi connectivity index (χ2n) is 6.00. The Balaban J connectivity index is 1.58. The van der Waals surface area contributed by atoms with Gasteiger partial charge in [0.2, 0.25) is 5.91 Å². The molecular formula is C14H22N4O2S. The van der Waals surface area contributed by atoms with Crippen LogP contribution in [0.2, 0.25) is 0 Å². The second kappa shape index (κ2) is 6.25. The fourth-order valence-corrected chi connectivity index (χ4v) is 4.17. The average Bonchev–Trinajstić information content (AvgIpc) is 2.94. The van der Waals surface area contributed by atoms with Crippen LogP contribution in [0.1, 0.15) is 44.3 Å². The SMILES string of the molecule is Cn1ncnc1CS(=O)CC(=O)N(C1CCCC1)C1CC1. The van der Waals surface area contributed by atoms with Gasteiger partial charge in [0.15, 0.2) is 0 Å². The molecule has 1 heterocycles. The highest BCUT2D eigenvalue weighted by atomic mass is 32.2. The molecule has 2 fully saturated rings. The maximum Gasteiger partial charge on any atom is 0.235 e. The molecule has 2 saturated carbocycles. The molecule has 2 aliphatic rings. The summed E-state index contributed by atoms with van der Waals surface area (Å²) in [5.74, 6) is 1.13. The zero-order valence-corrected chi connectivity index (χ0v) is 13.2. The molecule has 1 aromatic rings. The van der Waals surface area contributed by atoms with Gasteiger partial charge in [-0.05, 0) is 25.7 Å². The van der Waals surface area contributed by atoms with Crippen molar-refractivity contribution in [2.45, 2.75) is 56.4 Å². The van der Waals surface area contributed by atoms with Crippen molar-refractivity contribution in [3.05, 3.63) is 12.2 Å². The van der Waals surface area contributed by atoms with Crippen molar-refractivity contribution in [3.63, 3.8) is 0 Å². The lowest BCUT2D eigenvalue weighted by Crippen LogP contribution is -2.43. The van der Waals surface area contributed by atoms with Crippen molar-refractivity contribution in [1.29, 1.82) is 0 Å². The van der Waals surface area contributed by atoms with E-state index >= 15 is 0 Å². The fraction of sp³-hybridized carbons (Fsp3) is 0.786. The molecule has 6 nitrogen and oxygen atoms in total. The van der Waals surface area contributed by atoms with Gasteiger partial charge < -0.3 is 4.90 Å². The summed E-state index contributed by atoms with van der Waals surface area (Å²) >= 11 is 0. The van der Waals surface area contributed by atoms with Gasteiger partial charge in [0.1, 0.15) is 17.9 Å². The lowest BCUT2D eigenvalue weighted by atomic mass is 10.2. The number of aryl methyl sites for hydroxylation is 1. The lowest BCUT2D eigenvalue weighted by Gasteiger charge is -2.29. The van der Waals surface area contributed by atoms with Crippen molar-refractivity contribution in [2.24, 2.45) is 7.05 Å². The molecule has 0 radical (unpaired) electrons. The smallest absolute Gasteiger partial charge is 0.235 e. The molecule has 0 aromatic carbocycles. The van der Waals surface area contributed by atoms with Gasteiger partial charge in [-0.3, -0.25) is 13.7 Å². The van der Waals surface area contributed by atoms with Crippen molar-refractivity contribution < 1.29 is 9.00 Å². The molecule has 116 valence electrons. The Labute approximate surface area is 127 Å². The predicted molar refractivity (Wildman–Crippen MR) is 79.8 cm³/mol. The number of carbonyl (C=O) groups excluding carboxylic acids is 1. The first-order chi connectivity index (χ1) is 10.1. The molecule has 0 spiro atoms. The Morgan fingerprint density at radius 3 is 2.57 bits per heavy atom. The van der Waals surface area contributed by atoms with Crippen LogP contribution in [-0.2, 0) is 28.4 Å². The molecular weight excluding hydrogens is 288 g/mol. The molecule has 1 atom stereocenters. The maximum absolute atomic E-state index is 12.5. The first kappa shape index (κ1) is 14.7. The van der Waals surface area contributed by atoms with E-state index in [9.17, 15) is 9.00 Å². The van der Waals surface area contributed by atoms with Crippen LogP contribution in [0, 0.1) is 0 Å². The number of nitrogens with zero attached hydrogens (tertiary/aromatic N) is 4. The van der Waals surface area contributed by atoms with Crippen molar-refractivity contribution in [2.75, 3.05) is 5.75 Å². The first-order valence-corrected chi connectivity index (χ1v) is 9.13. The minimum Gasteiger partial charge on any atom is -0.336 e. The van der Waals surface area contributed by atoms with E-state index in [1.807, 2.05) is 4.90 Å². The van der Waals surface area contributed by atoms with Crippen LogP contribution < -0.4 is 0 Å². The number of amides is 1. The molecule has 0 saturated heterocycles. The van der Waals surface area contributed by atoms with Crippen LogP contribution in [0.25, 0.3) is 0 Å². The van der Waals surface area contributed by atoms with Crippen LogP contribution in [0.3, 0.4) is 0 Å². The highest BCUT2D eigenvalue weighted by molar-refractivity contribution is 7.84. The molecule has 3 rings (SSSR count). The Kier molecular flexibility index (Phi) is 4.37. The van der Waals surface area contributed by atoms with Gasteiger partial charge in [0.25, 0.3) is 0 Å². The highest BCUT2D eigenvalue weighted by Gasteiger charge is 2.38. The first-order valence-electron chi connectivity index (χ1n) is 7.64. The summed E-state index contributed by atoms with van der Waals surface area (Å²) in [4.78, 5) is 18.6. The van der Waals surface area contributed by atoms with Crippen molar-refractivity contribution in [1.82, 2.24) is 19.7 Å². The largest absolute Gasteiger partial charge is 0.336 e. The zero-order valence-electron chi connectivity index (χ0n) is 12.4. The van der Waals surface area contributed by atoms with Gasteiger partial charge in [-0.2, -0.15) is 5.10 Å². The summed E-state index contributed by atoms with van der Waals surface area (Å²) in [6, 6.07) is 0.796. The van der Waals surface area contributed by atoms with Gasteiger partial charge in [-0.1, -0.05) is 12.8 Å². The van der Waals surface area contributed by atoms with E-state index in [2.05, 4.69) is 10.1 Å². The average molecular weight is 310 g/mol. The number of rotatable bonds is 6. The van der Waals surface area contributed by atoms with Gasteiger partial charge in [-0.15, -0.1) is 0 Å². The third-order valence-electron chi connectivity index (χ3n) is 4.33. The van der Waals surface area contributed by atoms with E-state index in [1.54, 1.807) is 11.7 Å². The number of carbonyl (C=O) groups is 1. The summed E-state index contributed by atoms with van der Waals surface area (Å²) in [6.07, 6.45) is 8.31. The predicted octanol–water partition coefficient (Wildman–Crippen LogP) is 0.997. The number of hydrogen-bond donors (Lipinski definition) is 0. The lowest BCUT2D eigenvalue weighted by molar-refractivity contribution is -0.131. The van der Waals surface area contributed by atoms with Crippen LogP contribution in [-0.4, -0.2) is 47.6 Å². The van der Waals surface area contributed by atoms with Gasteiger partial charge in [0.05, 0.1) is 5.75 Å². The summed E-state index contributed by atoms with van der Waals surface area (Å²) < 4.78 is 13.8. The fourth-order valence-electron chi connectivity index (χ4n) is 3.10. The van der Waals surface area contributed by atoms with E-state index in [4.69, 9.17) is 0 Å². The Morgan fingerprint density at radius 2 is 2.00 bits per heavy atom. The molecule has 0 aliphatic heterocycles. The molecule has 1 unspecified atom stereocenters. The summed E-state index contributed by atoms with van der Waals surface area (Å²) in [6.45, 7) is 0. The zero-order chi connectivity index (χ0) is 14.8. The van der Waals surface area contributed by atoms with E-state index in [0.717, 1.165) is 25.7 Å². The number of aromatic nitrogens is 3. The molecule has 7 heteroatoms. The van der Waals surface area contributed by atoms with Gasteiger partial charge >= 0.3 is 0 Å². The van der Waals surface area contributed by atoms with Gasteiger partial charge in [0, 0.05) is 29.9 Å². The minimum absolute atomic E-state index is 0.0601. The van der Waals surface area contributed by atoms with E-state index in [-0.39, 0.29) is 11.7 Å². The third-order valence-corrected chi connectivity index (χ3v) is 5.48. The Hall–Kier alpha value is -1.24. The summed E-state index contributed by atoms with van der Waals surface area (Å²) in [5, 5.41) is 3.96. The summed E-state index contributed by atoms with van der Waals surface area (Å²) in [5.41, 5.74) is 0. The molecule has 1 amide bonds. The Bertz CT molecular complexity index is 535. The van der Waals surface area contributed by atoms with Crippen LogP contribution in [0.5, 0.6) is 0 Å². The molecule has 0 bridgehead atoms. The summed E-state index contributed by atoms with van der Waals surface area (Å²) in [7, 11) is 0.560. The molecule has 2 aliphatic carbocycles. The molecule has 0 N–H and O–H groups in total. The normalized spacial score (nSPS) is 20.6. The Morgan fingerprint density at radius 1 is 1.33 bits per heavy atom. The highest BCUT2D eigenvalue weighted by Crippen LogP contribution is 2.34. The monoisotopic (exact) mass is 310 g/mol. The van der Waals surface area contributed by atoms with E-state index in [1.165, 1.54) is 19.2 Å². The molecule has 21 heavy (non-hydrogen) atoms. The van der Waals surface area contributed by atoms with Crippen molar-refractivity contribution >= 4 is 16.7 Å². The minimum atomic E-state index is -1.21. The number of hydrogen-bond acceptors (Lipinski definition) is 4.